The molecule has 1 saturated carbocycles. The molecule has 1 aliphatic carbocycles. The second-order valence-corrected chi connectivity index (χ2v) is 8.04. The molecule has 3 aliphatic rings. The molecule has 2 heterocycles. The number of anilines is 1. The van der Waals surface area contributed by atoms with E-state index in [-0.39, 0.29) is 23.5 Å². The van der Waals surface area contributed by atoms with Crippen LogP contribution in [0.2, 0.25) is 0 Å². The molecule has 4 rings (SSSR count). The molecule has 0 radical (unpaired) electrons. The smallest absolute Gasteiger partial charge is 0.407 e. The van der Waals surface area contributed by atoms with Crippen molar-refractivity contribution in [2.75, 3.05) is 31.6 Å². The van der Waals surface area contributed by atoms with Crippen molar-refractivity contribution in [3.8, 4) is 0 Å². The lowest BCUT2D eigenvalue weighted by molar-refractivity contribution is -0.124. The zero-order chi connectivity index (χ0) is 19.0. The van der Waals surface area contributed by atoms with E-state index in [1.807, 2.05) is 31.0 Å². The number of alkyl carbamates (subject to hydrolysis) is 1. The molecular formula is C21H29N3O3. The van der Waals surface area contributed by atoms with Gasteiger partial charge in [-0.1, -0.05) is 18.2 Å². The number of nitrogens with zero attached hydrogens (tertiary/aromatic N) is 2. The molecule has 1 atom stereocenters. The molecule has 1 unspecified atom stereocenters. The van der Waals surface area contributed by atoms with Gasteiger partial charge in [0.25, 0.3) is 0 Å². The average Bonchev–Trinajstić information content (AvgIpc) is 3.22. The van der Waals surface area contributed by atoms with Gasteiger partial charge in [0, 0.05) is 37.9 Å². The first-order valence-corrected chi connectivity index (χ1v) is 10.1. The number of likely N-dealkylation sites (N-methyl/N-ethyl adjacent to an activating group) is 1. The van der Waals surface area contributed by atoms with Crippen molar-refractivity contribution < 1.29 is 14.3 Å². The van der Waals surface area contributed by atoms with Crippen LogP contribution in [0.5, 0.6) is 0 Å². The van der Waals surface area contributed by atoms with Gasteiger partial charge in [0.2, 0.25) is 5.91 Å². The van der Waals surface area contributed by atoms with E-state index >= 15 is 0 Å². The van der Waals surface area contributed by atoms with Gasteiger partial charge < -0.3 is 15.0 Å². The van der Waals surface area contributed by atoms with Gasteiger partial charge in [0.15, 0.2) is 0 Å². The number of rotatable bonds is 3. The number of nitrogens with one attached hydrogen (secondary N) is 1. The SMILES string of the molecule is CCOC(=O)NC1CCN(C2CCC3(CC2)C(=O)N(C)c2ccccc23)C1. The minimum absolute atomic E-state index is 0.167. The highest BCUT2D eigenvalue weighted by molar-refractivity contribution is 6.07. The Labute approximate surface area is 160 Å². The van der Waals surface area contributed by atoms with Crippen molar-refractivity contribution in [3.63, 3.8) is 0 Å². The molecule has 1 saturated heterocycles. The number of para-hydroxylation sites is 1. The van der Waals surface area contributed by atoms with Crippen LogP contribution < -0.4 is 10.2 Å². The van der Waals surface area contributed by atoms with Crippen molar-refractivity contribution >= 4 is 17.7 Å². The fraction of sp³-hybridized carbons (Fsp3) is 0.619. The summed E-state index contributed by atoms with van der Waals surface area (Å²) < 4.78 is 4.99. The van der Waals surface area contributed by atoms with E-state index in [1.165, 1.54) is 5.56 Å². The topological polar surface area (TPSA) is 61.9 Å². The van der Waals surface area contributed by atoms with E-state index in [0.29, 0.717) is 12.6 Å². The molecule has 2 fully saturated rings. The quantitative estimate of drug-likeness (QED) is 0.887. The first kappa shape index (κ1) is 18.3. The molecule has 0 aromatic heterocycles. The Morgan fingerprint density at radius 1 is 1.26 bits per heavy atom. The molecule has 1 spiro atoms. The van der Waals surface area contributed by atoms with Crippen LogP contribution in [-0.4, -0.2) is 55.7 Å². The lowest BCUT2D eigenvalue weighted by Crippen LogP contribution is -2.47. The van der Waals surface area contributed by atoms with Gasteiger partial charge in [-0.05, 0) is 50.7 Å². The van der Waals surface area contributed by atoms with Gasteiger partial charge in [0.05, 0.1) is 12.0 Å². The van der Waals surface area contributed by atoms with Crippen molar-refractivity contribution in [1.82, 2.24) is 10.2 Å². The number of hydrogen-bond acceptors (Lipinski definition) is 4. The van der Waals surface area contributed by atoms with Crippen LogP contribution in [0.3, 0.4) is 0 Å². The Morgan fingerprint density at radius 3 is 2.74 bits per heavy atom. The standard InChI is InChI=1S/C21H29N3O3/c1-3-27-20(26)22-15-10-13-24(14-15)16-8-11-21(12-9-16)17-6-4-5-7-18(17)23(2)19(21)25/h4-7,15-16H,3,8-14H2,1-2H3,(H,22,26). The summed E-state index contributed by atoms with van der Waals surface area (Å²) in [6.45, 7) is 4.09. The maximum absolute atomic E-state index is 13.1. The summed E-state index contributed by atoms with van der Waals surface area (Å²) in [4.78, 5) is 29.0. The maximum Gasteiger partial charge on any atom is 0.407 e. The molecule has 2 amide bonds. The molecule has 1 aromatic carbocycles. The van der Waals surface area contributed by atoms with Crippen LogP contribution in [0.1, 0.15) is 44.6 Å². The number of benzene rings is 1. The largest absolute Gasteiger partial charge is 0.450 e. The molecule has 6 nitrogen and oxygen atoms in total. The first-order valence-electron chi connectivity index (χ1n) is 10.1. The summed E-state index contributed by atoms with van der Waals surface area (Å²) >= 11 is 0. The van der Waals surface area contributed by atoms with Gasteiger partial charge in [-0.2, -0.15) is 0 Å². The summed E-state index contributed by atoms with van der Waals surface area (Å²) in [6, 6.07) is 8.90. The normalized spacial score (nSPS) is 30.6. The van der Waals surface area contributed by atoms with E-state index in [1.54, 1.807) is 0 Å². The Balaban J connectivity index is 1.39. The van der Waals surface area contributed by atoms with E-state index in [0.717, 1.165) is 50.9 Å². The minimum atomic E-state index is -0.329. The minimum Gasteiger partial charge on any atom is -0.450 e. The number of likely N-dealkylation sites (tertiary alicyclic amines) is 1. The van der Waals surface area contributed by atoms with Crippen molar-refractivity contribution in [3.05, 3.63) is 29.8 Å². The van der Waals surface area contributed by atoms with Gasteiger partial charge in [-0.15, -0.1) is 0 Å². The lowest BCUT2D eigenvalue weighted by Gasteiger charge is -2.39. The number of carbonyl (C=O) groups excluding carboxylic acids is 2. The van der Waals surface area contributed by atoms with Gasteiger partial charge in [-0.25, -0.2) is 4.79 Å². The summed E-state index contributed by atoms with van der Waals surface area (Å²) in [5.74, 6) is 0.255. The molecule has 1 aromatic rings. The molecule has 1 N–H and O–H groups in total. The first-order chi connectivity index (χ1) is 13.0. The Bertz CT molecular complexity index is 727. The highest BCUT2D eigenvalue weighted by atomic mass is 16.5. The number of carbonyl (C=O) groups is 2. The van der Waals surface area contributed by atoms with Crippen LogP contribution in [0, 0.1) is 0 Å². The van der Waals surface area contributed by atoms with Crippen LogP contribution in [0.4, 0.5) is 10.5 Å². The molecule has 6 heteroatoms. The zero-order valence-corrected chi connectivity index (χ0v) is 16.2. The third-order valence-corrected chi connectivity index (χ3v) is 6.64. The van der Waals surface area contributed by atoms with Crippen LogP contribution >= 0.6 is 0 Å². The maximum atomic E-state index is 13.1. The fourth-order valence-corrected chi connectivity index (χ4v) is 5.24. The summed E-state index contributed by atoms with van der Waals surface area (Å²) in [5, 5.41) is 2.96. The zero-order valence-electron chi connectivity index (χ0n) is 16.2. The number of fused-ring (bicyclic) bond motifs is 2. The van der Waals surface area contributed by atoms with E-state index in [2.05, 4.69) is 22.3 Å². The Kier molecular flexibility index (Phi) is 4.84. The van der Waals surface area contributed by atoms with Gasteiger partial charge >= 0.3 is 6.09 Å². The predicted octanol–water partition coefficient (Wildman–Crippen LogP) is 2.66. The third-order valence-electron chi connectivity index (χ3n) is 6.64. The molecule has 27 heavy (non-hydrogen) atoms. The Morgan fingerprint density at radius 2 is 2.00 bits per heavy atom. The second kappa shape index (κ2) is 7.15. The van der Waals surface area contributed by atoms with E-state index in [4.69, 9.17) is 4.74 Å². The number of ether oxygens (including phenoxy) is 1. The second-order valence-electron chi connectivity index (χ2n) is 8.04. The highest BCUT2D eigenvalue weighted by Gasteiger charge is 2.51. The van der Waals surface area contributed by atoms with Crippen LogP contribution in [0.25, 0.3) is 0 Å². The average molecular weight is 371 g/mol. The summed E-state index contributed by atoms with van der Waals surface area (Å²) in [6.07, 6.45) is 4.52. The molecule has 2 aliphatic heterocycles. The molecular weight excluding hydrogens is 342 g/mol. The van der Waals surface area contributed by atoms with E-state index in [9.17, 15) is 9.59 Å². The fourth-order valence-electron chi connectivity index (χ4n) is 5.24. The van der Waals surface area contributed by atoms with Gasteiger partial charge in [-0.3, -0.25) is 9.69 Å². The third kappa shape index (κ3) is 3.10. The van der Waals surface area contributed by atoms with E-state index < -0.39 is 0 Å². The van der Waals surface area contributed by atoms with Crippen LogP contribution in [0.15, 0.2) is 24.3 Å². The number of amides is 2. The summed E-state index contributed by atoms with van der Waals surface area (Å²) in [7, 11) is 1.90. The van der Waals surface area contributed by atoms with Crippen molar-refractivity contribution in [2.45, 2.75) is 56.5 Å². The molecule has 146 valence electrons. The Hall–Kier alpha value is -2.08. The van der Waals surface area contributed by atoms with Crippen molar-refractivity contribution in [1.29, 1.82) is 0 Å². The monoisotopic (exact) mass is 371 g/mol. The lowest BCUT2D eigenvalue weighted by atomic mass is 9.68. The summed E-state index contributed by atoms with van der Waals surface area (Å²) in [5.41, 5.74) is 1.95. The number of hydrogen-bond donors (Lipinski definition) is 1. The van der Waals surface area contributed by atoms with Crippen molar-refractivity contribution in [2.24, 2.45) is 0 Å². The molecule has 0 bridgehead atoms. The van der Waals surface area contributed by atoms with Crippen LogP contribution in [-0.2, 0) is 14.9 Å². The van der Waals surface area contributed by atoms with Gasteiger partial charge in [0.1, 0.15) is 0 Å². The highest BCUT2D eigenvalue weighted by Crippen LogP contribution is 2.50. The predicted molar refractivity (Wildman–Crippen MR) is 104 cm³/mol.